The van der Waals surface area contributed by atoms with E-state index in [1.807, 2.05) is 131 Å². The van der Waals surface area contributed by atoms with Crippen molar-refractivity contribution in [3.05, 3.63) is 272 Å². The molecule has 7 N–H and O–H groups in total. The second-order valence-corrected chi connectivity index (χ2v) is 46.7. The molecule has 15 aromatic rings. The zero-order chi connectivity index (χ0) is 89.0. The van der Waals surface area contributed by atoms with Crippen LogP contribution in [0, 0.1) is 28.1 Å². The second-order valence-electron chi connectivity index (χ2n) is 30.6. The number of hydrogen-bond donors (Lipinski definition) is 6. The number of benzene rings is 6. The van der Waals surface area contributed by atoms with Gasteiger partial charge in [-0.2, -0.15) is 5.26 Å². The molecular formula is C91H90F3N15O9S6Si2. The zero-order valence-electron chi connectivity index (χ0n) is 69.6. The van der Waals surface area contributed by atoms with Gasteiger partial charge in [0.1, 0.15) is 41.9 Å². The van der Waals surface area contributed by atoms with E-state index in [2.05, 4.69) is 95.4 Å². The van der Waals surface area contributed by atoms with Crippen LogP contribution >= 0.6 is 70.2 Å². The summed E-state index contributed by atoms with van der Waals surface area (Å²) in [5, 5.41) is 20.9. The van der Waals surface area contributed by atoms with Crippen LogP contribution in [0.3, 0.4) is 0 Å². The number of nitrogen functional groups attached to an aromatic ring is 1. The molecule has 10 heterocycles. The van der Waals surface area contributed by atoms with Crippen molar-refractivity contribution in [1.29, 1.82) is 5.26 Å². The van der Waals surface area contributed by atoms with Crippen molar-refractivity contribution in [3.63, 3.8) is 0 Å². The molecule has 16 rings (SSSR count). The number of imidazole rings is 3. The number of nitrogens with two attached hydrogens (primary N) is 1. The predicted octanol–water partition coefficient (Wildman–Crippen LogP) is 21.9. The molecule has 24 nitrogen and oxygen atoms in total. The van der Waals surface area contributed by atoms with Gasteiger partial charge in [-0.3, -0.25) is 29.3 Å². The highest BCUT2D eigenvalue weighted by Gasteiger charge is 2.22. The van der Waals surface area contributed by atoms with Crippen LogP contribution in [0.1, 0.15) is 29.5 Å². The number of fused-ring (bicyclic) bond motifs is 3. The minimum atomic E-state index is -1.17. The number of thiocarbonyl (C=S) groups is 2. The first-order chi connectivity index (χ1) is 60.8. The molecule has 0 radical (unpaired) electrons. The molecule has 0 saturated carbocycles. The fraction of sp³-hybridized carbons (Fsp3) is 0.209. The maximum absolute atomic E-state index is 15.1. The summed E-state index contributed by atoms with van der Waals surface area (Å²) in [4.78, 5) is 67.8. The van der Waals surface area contributed by atoms with E-state index in [9.17, 15) is 23.2 Å². The number of aromatic amines is 1. The number of aromatic nitrogens is 9. The number of thiocyanates is 1. The zero-order valence-corrected chi connectivity index (χ0v) is 76.5. The van der Waals surface area contributed by atoms with Crippen molar-refractivity contribution in [1.82, 2.24) is 54.7 Å². The van der Waals surface area contributed by atoms with E-state index in [0.29, 0.717) is 72.6 Å². The average Bonchev–Trinajstić information content (AvgIpc) is 1.65. The van der Waals surface area contributed by atoms with Crippen LogP contribution in [0.5, 0.6) is 34.5 Å². The molecule has 9 aromatic heterocycles. The van der Waals surface area contributed by atoms with Crippen LogP contribution in [0.15, 0.2) is 238 Å². The lowest BCUT2D eigenvalue weighted by molar-refractivity contribution is -0.119. The lowest BCUT2D eigenvalue weighted by Crippen LogP contribution is -2.35. The summed E-state index contributed by atoms with van der Waals surface area (Å²) in [5.41, 5.74) is 11.6. The summed E-state index contributed by atoms with van der Waals surface area (Å²) in [5.74, 6) is 1.82. The molecule has 0 unspecified atom stereocenters. The molecule has 35 heteroatoms. The Balaban J connectivity index is 0.000000158. The lowest BCUT2D eigenvalue weighted by atomic mass is 10.1. The van der Waals surface area contributed by atoms with Crippen molar-refractivity contribution in [3.8, 4) is 72.0 Å². The molecule has 1 saturated heterocycles. The fourth-order valence-corrected chi connectivity index (χ4v) is 17.4. The molecule has 1 aliphatic rings. The van der Waals surface area contributed by atoms with Crippen molar-refractivity contribution in [2.75, 3.05) is 42.8 Å². The Morgan fingerprint density at radius 3 is 1.29 bits per heavy atom. The normalized spacial score (nSPS) is 11.6. The van der Waals surface area contributed by atoms with Gasteiger partial charge in [-0.05, 0) is 121 Å². The number of halogens is 3. The molecule has 1 fully saturated rings. The summed E-state index contributed by atoms with van der Waals surface area (Å²) < 4.78 is 85.0. The van der Waals surface area contributed by atoms with Gasteiger partial charge < -0.3 is 69.5 Å². The van der Waals surface area contributed by atoms with Crippen LogP contribution in [-0.4, -0.2) is 114 Å². The number of hydrogen-bond acceptors (Lipinski definition) is 23. The van der Waals surface area contributed by atoms with Gasteiger partial charge in [-0.1, -0.05) is 130 Å². The van der Waals surface area contributed by atoms with E-state index in [4.69, 9.17) is 63.9 Å². The van der Waals surface area contributed by atoms with Crippen molar-refractivity contribution >= 4 is 161 Å². The third-order valence-corrected chi connectivity index (χ3v) is 26.0. The number of nitriles is 1. The van der Waals surface area contributed by atoms with Gasteiger partial charge in [-0.15, -0.1) is 34.0 Å². The van der Waals surface area contributed by atoms with Crippen LogP contribution in [0.25, 0.3) is 62.8 Å². The molecule has 0 aliphatic carbocycles. The average molecular weight is 1840 g/mol. The van der Waals surface area contributed by atoms with Crippen LogP contribution in [0.2, 0.25) is 51.4 Å². The molecule has 2 amide bonds. The third-order valence-electron chi connectivity index (χ3n) is 18.3. The number of nitrogens with one attached hydrogen (secondary N) is 5. The molecular weight excluding hydrogens is 1750 g/mol. The smallest absolute Gasteiger partial charge is 0.230 e. The van der Waals surface area contributed by atoms with E-state index in [1.165, 1.54) is 83.3 Å². The van der Waals surface area contributed by atoms with E-state index >= 15 is 4.39 Å². The first-order valence-corrected chi connectivity index (χ1v) is 51.3. The highest BCUT2D eigenvalue weighted by Crippen LogP contribution is 2.43. The Morgan fingerprint density at radius 1 is 0.508 bits per heavy atom. The van der Waals surface area contributed by atoms with E-state index in [0.717, 1.165) is 111 Å². The Kier molecular flexibility index (Phi) is 33.7. The number of nitrogens with zero attached hydrogens (tertiary/aromatic N) is 9. The van der Waals surface area contributed by atoms with E-state index in [-0.39, 0.29) is 57.2 Å². The number of H-pyrrole nitrogens is 1. The molecule has 0 spiro atoms. The second kappa shape index (κ2) is 45.6. The monoisotopic (exact) mass is 1840 g/mol. The largest absolute Gasteiger partial charge is 0.453 e. The molecule has 126 heavy (non-hydrogen) atoms. The van der Waals surface area contributed by atoms with Gasteiger partial charge >= 0.3 is 0 Å². The Hall–Kier alpha value is -12.2. The maximum atomic E-state index is 15.1. The Morgan fingerprint density at radius 2 is 0.913 bits per heavy atom. The van der Waals surface area contributed by atoms with Gasteiger partial charge in [0.2, 0.25) is 16.9 Å². The number of ether oxygens (including phenoxy) is 6. The van der Waals surface area contributed by atoms with Crippen LogP contribution in [-0.2, 0) is 61.3 Å². The van der Waals surface area contributed by atoms with Gasteiger partial charge in [0, 0.05) is 170 Å². The van der Waals surface area contributed by atoms with Crippen molar-refractivity contribution in [2.24, 2.45) is 0 Å². The quantitative estimate of drug-likeness (QED) is 0.00916. The van der Waals surface area contributed by atoms with Gasteiger partial charge in [0.25, 0.3) is 0 Å². The highest BCUT2D eigenvalue weighted by molar-refractivity contribution is 8.17. The summed E-state index contributed by atoms with van der Waals surface area (Å²) in [6, 6.07) is 54.3. The predicted molar refractivity (Wildman–Crippen MR) is 508 cm³/mol. The lowest BCUT2D eigenvalue weighted by Gasteiger charge is -2.15. The first kappa shape index (κ1) is 93.0. The molecule has 0 bridgehead atoms. The summed E-state index contributed by atoms with van der Waals surface area (Å²) in [7, 11) is -2.30. The summed E-state index contributed by atoms with van der Waals surface area (Å²) in [6.07, 6.45) is 18.9. The number of thioether (sulfide) groups is 1. The maximum Gasteiger partial charge on any atom is 0.230 e. The number of pyridine rings is 3. The summed E-state index contributed by atoms with van der Waals surface area (Å²) in [6.45, 7) is 18.3. The minimum absolute atomic E-state index is 0.0457. The minimum Gasteiger partial charge on any atom is -0.453 e. The number of thiophene rings is 3. The third kappa shape index (κ3) is 28.4. The van der Waals surface area contributed by atoms with E-state index in [1.54, 1.807) is 85.2 Å². The van der Waals surface area contributed by atoms with Crippen molar-refractivity contribution < 1.29 is 56.0 Å². The molecule has 1 aliphatic heterocycles. The van der Waals surface area contributed by atoms with Gasteiger partial charge in [0.15, 0.2) is 56.6 Å². The standard InChI is InChI=1S/C31H32FN5O3S2Si.C25H18FN5O2S2.C22H25FN4O2SSi.C9H7NOS.C4H8O/c1-43(2,3)16-15-39-20-37-14-13-34-30(37)27-19-24-29(42-27)26(11-12-33-24)40-25-10-9-22(18-23(25)32)35-31(41)36-28(38)17-21-7-5-4-6-8-21;26-17-13-16(30-25(34)31-22(32)12-15-4-2-1-3-5-15)6-7-19(17)33-20-8-9-27-18-14-21(35-23(18)20)24-28-10-11-29-24;1-31(2,3)11-10-28-14-27-9-8-26-22(27)20-13-17-21(30-20)19(6-7-25-17)29-18-5-4-15(24)12-16(18)23;10-7-12-9(11)6-8-4-2-1-3-5-8;1-2-4-5-3-1/h4-14,18-19H,15-17,20H2,1-3H3,(H2,35,36,38,41);1-11,13-14H,12H2,(H,28,29)(H2,30,31,32,34);4-9,12-13H,10-11,14,24H2,1-3H3;1-5H,6H2;1-4H2. The fourth-order valence-electron chi connectivity index (χ4n) is 11.9. The Labute approximate surface area is 755 Å². The molecule has 648 valence electrons. The van der Waals surface area contributed by atoms with Crippen molar-refractivity contribution in [2.45, 2.75) is 96.9 Å². The Bertz CT molecular complexity index is 6220. The molecule has 6 aromatic carbocycles. The van der Waals surface area contributed by atoms with Gasteiger partial charge in [0.05, 0.1) is 58.1 Å². The number of rotatable bonds is 27. The number of carbonyl (C=O) groups excluding carboxylic acids is 3. The number of anilines is 3. The van der Waals surface area contributed by atoms with E-state index < -0.39 is 33.6 Å². The topological polar surface area (TPSA) is 308 Å². The molecule has 0 atom stereocenters. The SMILES string of the molecule is C1CCOC1.C[Si](C)(C)CCOCn1ccnc1-c1cc2nccc(Oc3ccc(N)cc3F)c2s1.C[Si](C)(C)CCOCn1ccnc1-c1cc2nccc(Oc3ccc(NC(=S)NC(=O)Cc4ccccc4)cc3F)c2s1.N#CSC(=O)Cc1ccccc1.O=C(Cc1ccccc1)NC(=S)Nc1ccc(Oc2ccnc3cc(-c4ncc[nH]4)sc23)c(F)c1. The van der Waals surface area contributed by atoms with Gasteiger partial charge in [-0.25, -0.2) is 28.1 Å². The first-order valence-electron chi connectivity index (χ1n) is 39.8. The number of amides is 2. The summed E-state index contributed by atoms with van der Waals surface area (Å²) >= 11 is 15.5. The highest BCUT2D eigenvalue weighted by atomic mass is 32.2. The van der Waals surface area contributed by atoms with Crippen LogP contribution in [0.4, 0.5) is 30.2 Å². The number of carbonyl (C=O) groups is 3. The van der Waals surface area contributed by atoms with Crippen LogP contribution < -0.4 is 41.2 Å².